The second-order valence-electron chi connectivity index (χ2n) is 12.7. The highest BCUT2D eigenvalue weighted by Crippen LogP contribution is 2.52. The summed E-state index contributed by atoms with van der Waals surface area (Å²) in [7, 11) is 0. The zero-order valence-corrected chi connectivity index (χ0v) is 32.1. The Morgan fingerprint density at radius 1 is 0.477 bits per heavy atom. The summed E-state index contributed by atoms with van der Waals surface area (Å²) in [5, 5.41) is 17.9. The van der Waals surface area contributed by atoms with Gasteiger partial charge in [0.2, 0.25) is 0 Å². The molecule has 0 spiro atoms. The molecule has 2 aliphatic heterocycles. The Labute approximate surface area is 355 Å². The SMILES string of the molecule is CC(=O)OC(C)=O.O=C1OC(=O)c2cc(C(F)(F)C(F)(F)c3ccc4c(c3)C(=O)OC4=O)ccc21.O=COc1ccc(C(F)(F)C(F)(F)c2ccc(C(=O)O)c(C(=O)O)c2)cc1OC=O. The number of carbonyl (C=O) groups excluding carboxylic acids is 8. The van der Waals surface area contributed by atoms with Crippen molar-refractivity contribution in [1.29, 1.82) is 0 Å². The molecular weight excluding hydrogens is 904 g/mol. The van der Waals surface area contributed by atoms with Crippen LogP contribution in [0.15, 0.2) is 72.8 Å². The van der Waals surface area contributed by atoms with Crippen LogP contribution in [0.25, 0.3) is 0 Å². The van der Waals surface area contributed by atoms with Gasteiger partial charge in [-0.1, -0.05) is 18.2 Å². The summed E-state index contributed by atoms with van der Waals surface area (Å²) in [6.07, 6.45) is 0. The minimum absolute atomic E-state index is 0.114. The van der Waals surface area contributed by atoms with Gasteiger partial charge in [0.1, 0.15) is 0 Å². The van der Waals surface area contributed by atoms with Crippen LogP contribution < -0.4 is 9.47 Å². The number of benzene rings is 4. The number of aromatic carboxylic acids is 2. The number of carboxylic acids is 2. The molecule has 65 heavy (non-hydrogen) atoms. The van der Waals surface area contributed by atoms with Crippen LogP contribution in [0.5, 0.6) is 11.5 Å². The first kappa shape index (κ1) is 49.3. The zero-order valence-electron chi connectivity index (χ0n) is 32.1. The molecule has 6 rings (SSSR count). The van der Waals surface area contributed by atoms with Gasteiger partial charge in [-0.3, -0.25) is 19.2 Å². The van der Waals surface area contributed by atoms with Crippen molar-refractivity contribution in [1.82, 2.24) is 0 Å². The number of hydrogen-bond acceptors (Lipinski definition) is 15. The van der Waals surface area contributed by atoms with E-state index in [2.05, 4.69) is 23.7 Å². The predicted molar refractivity (Wildman–Crippen MR) is 191 cm³/mol. The molecule has 0 bridgehead atoms. The molecule has 0 atom stereocenters. The lowest BCUT2D eigenvalue weighted by atomic mass is 9.92. The molecule has 0 saturated heterocycles. The number of hydrogen-bond donors (Lipinski definition) is 2. The van der Waals surface area contributed by atoms with Gasteiger partial charge < -0.3 is 33.9 Å². The van der Waals surface area contributed by atoms with Gasteiger partial charge in [0, 0.05) is 36.1 Å². The van der Waals surface area contributed by atoms with Crippen LogP contribution in [0.4, 0.5) is 35.1 Å². The van der Waals surface area contributed by atoms with E-state index in [0.717, 1.165) is 12.1 Å². The van der Waals surface area contributed by atoms with Gasteiger partial charge in [-0.25, -0.2) is 28.8 Å². The number of fused-ring (bicyclic) bond motifs is 2. The minimum atomic E-state index is -5.01. The quantitative estimate of drug-likeness (QED) is 0.0517. The summed E-state index contributed by atoms with van der Waals surface area (Å²) in [5.74, 6) is -30.3. The molecule has 0 fully saturated rings. The fraction of sp³-hybridized carbons (Fsp3) is 0.150. The van der Waals surface area contributed by atoms with Gasteiger partial charge in [-0.05, 0) is 54.6 Å². The van der Waals surface area contributed by atoms with Crippen molar-refractivity contribution in [3.05, 3.63) is 128 Å². The number of carboxylic acid groups (broad SMARTS) is 2. The Balaban J connectivity index is 0.000000248. The van der Waals surface area contributed by atoms with Gasteiger partial charge in [-0.15, -0.1) is 0 Å². The molecule has 25 heteroatoms. The molecule has 2 aliphatic rings. The highest BCUT2D eigenvalue weighted by Gasteiger charge is 2.60. The van der Waals surface area contributed by atoms with E-state index in [1.807, 2.05) is 0 Å². The molecule has 0 unspecified atom stereocenters. The van der Waals surface area contributed by atoms with Crippen molar-refractivity contribution in [3.63, 3.8) is 0 Å². The third-order valence-corrected chi connectivity index (χ3v) is 8.59. The second kappa shape index (κ2) is 18.5. The molecule has 0 amide bonds. The van der Waals surface area contributed by atoms with E-state index in [-0.39, 0.29) is 30.1 Å². The number of ether oxygens (including phenoxy) is 5. The molecule has 2 heterocycles. The van der Waals surface area contributed by atoms with Crippen molar-refractivity contribution in [3.8, 4) is 11.5 Å². The maximum Gasteiger partial charge on any atom is 0.346 e. The lowest BCUT2D eigenvalue weighted by Gasteiger charge is -2.28. The third-order valence-electron chi connectivity index (χ3n) is 8.59. The summed E-state index contributed by atoms with van der Waals surface area (Å²) in [6, 6.07) is 6.12. The number of alkyl halides is 8. The van der Waals surface area contributed by atoms with Gasteiger partial charge in [0.15, 0.2) is 11.5 Å². The lowest BCUT2D eigenvalue weighted by molar-refractivity contribution is -0.223. The van der Waals surface area contributed by atoms with Gasteiger partial charge in [0.25, 0.3) is 12.9 Å². The first-order chi connectivity index (χ1) is 30.1. The van der Waals surface area contributed by atoms with E-state index in [1.165, 1.54) is 13.8 Å². The highest BCUT2D eigenvalue weighted by atomic mass is 19.3. The Kier molecular flexibility index (Phi) is 14.1. The first-order valence-electron chi connectivity index (χ1n) is 17.1. The fourth-order valence-corrected chi connectivity index (χ4v) is 5.59. The molecule has 0 aliphatic carbocycles. The maximum atomic E-state index is 14.7. The van der Waals surface area contributed by atoms with E-state index in [1.54, 1.807) is 0 Å². The largest absolute Gasteiger partial charge is 0.478 e. The zero-order chi connectivity index (χ0) is 49.0. The fourth-order valence-electron chi connectivity index (χ4n) is 5.59. The molecule has 4 aromatic rings. The Morgan fingerprint density at radius 2 is 0.815 bits per heavy atom. The van der Waals surface area contributed by atoms with Crippen molar-refractivity contribution in [2.24, 2.45) is 0 Å². The molecule has 2 N–H and O–H groups in total. The molecule has 0 saturated carbocycles. The lowest BCUT2D eigenvalue weighted by Crippen LogP contribution is -2.36. The molecule has 340 valence electrons. The van der Waals surface area contributed by atoms with E-state index in [0.29, 0.717) is 54.6 Å². The van der Waals surface area contributed by atoms with Crippen LogP contribution in [-0.4, -0.2) is 70.9 Å². The van der Waals surface area contributed by atoms with Crippen LogP contribution in [0.3, 0.4) is 0 Å². The summed E-state index contributed by atoms with van der Waals surface area (Å²) in [6.45, 7) is 2.04. The second-order valence-corrected chi connectivity index (χ2v) is 12.7. The van der Waals surface area contributed by atoms with E-state index < -0.39 is 127 Å². The average molecular weight is 927 g/mol. The highest BCUT2D eigenvalue weighted by molar-refractivity contribution is 6.15. The summed E-state index contributed by atoms with van der Waals surface area (Å²) >= 11 is 0. The Morgan fingerprint density at radius 3 is 1.18 bits per heavy atom. The average Bonchev–Trinajstić information content (AvgIpc) is 3.68. The van der Waals surface area contributed by atoms with Crippen LogP contribution in [0, 0.1) is 0 Å². The van der Waals surface area contributed by atoms with Crippen molar-refractivity contribution < 1.29 is 117 Å². The van der Waals surface area contributed by atoms with Crippen molar-refractivity contribution in [2.75, 3.05) is 0 Å². The van der Waals surface area contributed by atoms with Gasteiger partial charge in [-0.2, -0.15) is 35.1 Å². The van der Waals surface area contributed by atoms with Gasteiger partial charge >= 0.3 is 71.4 Å². The Hall–Kier alpha value is -8.38. The number of esters is 6. The minimum Gasteiger partial charge on any atom is -0.478 e. The maximum absolute atomic E-state index is 14.7. The predicted octanol–water partition coefficient (Wildman–Crippen LogP) is 6.32. The number of halogens is 8. The van der Waals surface area contributed by atoms with Crippen molar-refractivity contribution in [2.45, 2.75) is 37.5 Å². The van der Waals surface area contributed by atoms with E-state index >= 15 is 0 Å². The summed E-state index contributed by atoms with van der Waals surface area (Å²) < 4.78 is 139. The van der Waals surface area contributed by atoms with E-state index in [9.17, 15) is 83.1 Å². The van der Waals surface area contributed by atoms with Crippen LogP contribution >= 0.6 is 0 Å². The van der Waals surface area contributed by atoms with E-state index in [4.69, 9.17) is 10.2 Å². The molecule has 0 radical (unpaired) electrons. The first-order valence-corrected chi connectivity index (χ1v) is 17.1. The number of rotatable bonds is 12. The smallest absolute Gasteiger partial charge is 0.346 e. The summed E-state index contributed by atoms with van der Waals surface area (Å²) in [5.41, 5.74) is -9.02. The van der Waals surface area contributed by atoms with Crippen LogP contribution in [0.2, 0.25) is 0 Å². The summed E-state index contributed by atoms with van der Waals surface area (Å²) in [4.78, 5) is 108. The topological polar surface area (TPSA) is 257 Å². The molecule has 17 nitrogen and oxygen atoms in total. The monoisotopic (exact) mass is 926 g/mol. The van der Waals surface area contributed by atoms with Crippen molar-refractivity contribution >= 4 is 60.7 Å². The Bertz CT molecular complexity index is 2590. The molecule has 0 aromatic heterocycles. The number of carbonyl (C=O) groups is 10. The van der Waals surface area contributed by atoms with Gasteiger partial charge in [0.05, 0.1) is 33.4 Å². The van der Waals surface area contributed by atoms with Crippen LogP contribution in [-0.2, 0) is 57.1 Å². The molecular formula is C40H22F8O17. The standard InChI is InChI=1S/C18H10F4O8.C18H6F4O6.C4H6O3/c19-17(20,9-1-3-11(15(25)26)12(5-9)16(27)28)18(21,22)10-2-4-13(29-7-23)14(6-10)30-8-24;19-17(20,7-1-3-9-11(5-7)15(25)27-13(9)23)18(21,22)8-2-4-10-12(6-8)16(26)28-14(10)24;1-3(5)7-4(2)6/h1-8H,(H,25,26)(H,27,28);1-6H;1-2H3. The molecule has 4 aromatic carbocycles. The number of cyclic esters (lactones) is 4. The normalized spacial score (nSPS) is 13.0. The van der Waals surface area contributed by atoms with Crippen LogP contribution in [0.1, 0.15) is 98.2 Å². The third kappa shape index (κ3) is 9.82.